The molecule has 4 heteroatoms. The molecular formula is C7H11N3O. The van der Waals surface area contributed by atoms with E-state index in [1.54, 1.807) is 6.07 Å². The smallest absolute Gasteiger partial charge is 0.0657 e. The molecule has 0 aromatic carbocycles. The summed E-state index contributed by atoms with van der Waals surface area (Å²) in [5, 5.41) is 8.59. The molecule has 0 aliphatic rings. The fourth-order valence-corrected chi connectivity index (χ4v) is 0.842. The molecule has 0 aliphatic heterocycles. The molecule has 0 amide bonds. The maximum Gasteiger partial charge on any atom is 0.0657 e. The second-order valence-corrected chi connectivity index (χ2v) is 2.28. The molecule has 4 nitrogen and oxygen atoms in total. The highest BCUT2D eigenvalue weighted by Gasteiger charge is 1.98. The van der Waals surface area contributed by atoms with Crippen LogP contribution in [0, 0.1) is 0 Å². The Morgan fingerprint density at radius 3 is 2.73 bits per heavy atom. The third-order valence-electron chi connectivity index (χ3n) is 1.37. The van der Waals surface area contributed by atoms with E-state index in [0.717, 1.165) is 0 Å². The van der Waals surface area contributed by atoms with Crippen LogP contribution in [0.4, 0.5) is 11.4 Å². The van der Waals surface area contributed by atoms with Gasteiger partial charge in [0.1, 0.15) is 0 Å². The summed E-state index contributed by atoms with van der Waals surface area (Å²) in [6.45, 7) is 0.0567. The lowest BCUT2D eigenvalue weighted by molar-refractivity contribution is 0.298. The first-order valence-electron chi connectivity index (χ1n) is 3.34. The third-order valence-corrected chi connectivity index (χ3v) is 1.37. The largest absolute Gasteiger partial charge is 0.397 e. The zero-order valence-electron chi connectivity index (χ0n) is 6.12. The van der Waals surface area contributed by atoms with Crippen molar-refractivity contribution in [2.45, 2.75) is 6.42 Å². The van der Waals surface area contributed by atoms with E-state index in [-0.39, 0.29) is 6.61 Å². The van der Waals surface area contributed by atoms with E-state index in [9.17, 15) is 0 Å². The second-order valence-electron chi connectivity index (χ2n) is 2.28. The second kappa shape index (κ2) is 3.21. The van der Waals surface area contributed by atoms with Crippen LogP contribution in [-0.2, 0) is 6.42 Å². The van der Waals surface area contributed by atoms with Crippen molar-refractivity contribution in [1.29, 1.82) is 0 Å². The molecule has 0 saturated carbocycles. The summed E-state index contributed by atoms with van der Waals surface area (Å²) in [6.07, 6.45) is 2.01. The molecule has 0 radical (unpaired) electrons. The van der Waals surface area contributed by atoms with Crippen molar-refractivity contribution in [2.75, 3.05) is 18.1 Å². The lowest BCUT2D eigenvalue weighted by atomic mass is 10.2. The first-order chi connectivity index (χ1) is 5.24. The van der Waals surface area contributed by atoms with Crippen molar-refractivity contribution in [1.82, 2.24) is 4.98 Å². The predicted octanol–water partition coefficient (Wildman–Crippen LogP) is -0.219. The summed E-state index contributed by atoms with van der Waals surface area (Å²) >= 11 is 0. The van der Waals surface area contributed by atoms with E-state index in [0.29, 0.717) is 23.5 Å². The zero-order valence-corrected chi connectivity index (χ0v) is 6.12. The molecular weight excluding hydrogens is 142 g/mol. The Bertz CT molecular complexity index is 249. The number of nitrogens with zero attached hydrogens (tertiary/aromatic N) is 1. The summed E-state index contributed by atoms with van der Waals surface area (Å²) in [5.74, 6) is 0. The normalized spacial score (nSPS) is 9.91. The van der Waals surface area contributed by atoms with Gasteiger partial charge in [-0.05, 0) is 6.07 Å². The van der Waals surface area contributed by atoms with Crippen molar-refractivity contribution in [3.8, 4) is 0 Å². The van der Waals surface area contributed by atoms with Gasteiger partial charge in [-0.2, -0.15) is 0 Å². The van der Waals surface area contributed by atoms with Gasteiger partial charge in [0.05, 0.1) is 23.3 Å². The minimum Gasteiger partial charge on any atom is -0.397 e. The molecule has 0 bridgehead atoms. The van der Waals surface area contributed by atoms with E-state index in [1.165, 1.54) is 6.20 Å². The monoisotopic (exact) mass is 153 g/mol. The molecule has 11 heavy (non-hydrogen) atoms. The number of anilines is 2. The topological polar surface area (TPSA) is 85.2 Å². The van der Waals surface area contributed by atoms with Crippen LogP contribution in [0.15, 0.2) is 12.3 Å². The highest BCUT2D eigenvalue weighted by Crippen LogP contribution is 2.11. The van der Waals surface area contributed by atoms with Crippen LogP contribution in [0.25, 0.3) is 0 Å². The summed E-state index contributed by atoms with van der Waals surface area (Å²) in [4.78, 5) is 3.96. The van der Waals surface area contributed by atoms with Crippen molar-refractivity contribution in [3.63, 3.8) is 0 Å². The van der Waals surface area contributed by atoms with Crippen LogP contribution >= 0.6 is 0 Å². The van der Waals surface area contributed by atoms with Crippen molar-refractivity contribution in [3.05, 3.63) is 18.0 Å². The highest BCUT2D eigenvalue weighted by molar-refractivity contribution is 5.52. The van der Waals surface area contributed by atoms with Crippen molar-refractivity contribution >= 4 is 11.4 Å². The average Bonchev–Trinajstić information content (AvgIpc) is 1.95. The fraction of sp³-hybridized carbons (Fsp3) is 0.286. The Hall–Kier alpha value is -1.29. The molecule has 0 aliphatic carbocycles. The predicted molar refractivity (Wildman–Crippen MR) is 43.9 cm³/mol. The number of hydrogen-bond donors (Lipinski definition) is 3. The number of rotatable bonds is 2. The van der Waals surface area contributed by atoms with Gasteiger partial charge in [0, 0.05) is 13.0 Å². The molecule has 0 spiro atoms. The van der Waals surface area contributed by atoms with E-state index in [2.05, 4.69) is 4.98 Å². The van der Waals surface area contributed by atoms with Gasteiger partial charge in [-0.1, -0.05) is 0 Å². The first-order valence-corrected chi connectivity index (χ1v) is 3.34. The highest BCUT2D eigenvalue weighted by atomic mass is 16.3. The Labute approximate surface area is 64.9 Å². The van der Waals surface area contributed by atoms with Gasteiger partial charge < -0.3 is 16.6 Å². The van der Waals surface area contributed by atoms with Gasteiger partial charge in [-0.3, -0.25) is 4.98 Å². The van der Waals surface area contributed by atoms with Gasteiger partial charge >= 0.3 is 0 Å². The van der Waals surface area contributed by atoms with Gasteiger partial charge in [0.25, 0.3) is 0 Å². The van der Waals surface area contributed by atoms with Gasteiger partial charge in [0.15, 0.2) is 0 Å². The molecule has 60 valence electrons. The Morgan fingerprint density at radius 2 is 2.18 bits per heavy atom. The van der Waals surface area contributed by atoms with Crippen LogP contribution in [0.1, 0.15) is 5.69 Å². The molecule has 1 rings (SSSR count). The maximum atomic E-state index is 8.59. The minimum atomic E-state index is 0.0567. The summed E-state index contributed by atoms with van der Waals surface area (Å²) in [5.41, 5.74) is 12.8. The molecule has 0 atom stereocenters. The lowest BCUT2D eigenvalue weighted by Crippen LogP contribution is -2.01. The quantitative estimate of drug-likeness (QED) is 0.548. The molecule has 1 aromatic rings. The van der Waals surface area contributed by atoms with E-state index in [4.69, 9.17) is 16.6 Å². The lowest BCUT2D eigenvalue weighted by Gasteiger charge is -2.02. The third kappa shape index (κ3) is 1.81. The van der Waals surface area contributed by atoms with Crippen LogP contribution in [0.2, 0.25) is 0 Å². The first kappa shape index (κ1) is 7.81. The maximum absolute atomic E-state index is 8.59. The molecule has 5 N–H and O–H groups in total. The number of aromatic nitrogens is 1. The number of nitrogens with two attached hydrogens (primary N) is 2. The standard InChI is InChI=1S/C7H11N3O/c8-5-3-6(9)7(1-2-11)10-4-5/h3-4,11H,1-2,8-9H2. The summed E-state index contributed by atoms with van der Waals surface area (Å²) in [7, 11) is 0. The minimum absolute atomic E-state index is 0.0567. The SMILES string of the molecule is Nc1cnc(CCO)c(N)c1. The summed E-state index contributed by atoms with van der Waals surface area (Å²) < 4.78 is 0. The Balaban J connectivity index is 2.90. The summed E-state index contributed by atoms with van der Waals surface area (Å²) in [6, 6.07) is 1.64. The van der Waals surface area contributed by atoms with E-state index >= 15 is 0 Å². The van der Waals surface area contributed by atoms with Gasteiger partial charge in [-0.15, -0.1) is 0 Å². The Morgan fingerprint density at radius 1 is 1.45 bits per heavy atom. The zero-order chi connectivity index (χ0) is 8.27. The van der Waals surface area contributed by atoms with Crippen molar-refractivity contribution in [2.24, 2.45) is 0 Å². The number of pyridine rings is 1. The van der Waals surface area contributed by atoms with Gasteiger partial charge in [-0.25, -0.2) is 0 Å². The fourth-order valence-electron chi connectivity index (χ4n) is 0.842. The Kier molecular flexibility index (Phi) is 2.28. The molecule has 1 aromatic heterocycles. The van der Waals surface area contributed by atoms with E-state index < -0.39 is 0 Å². The average molecular weight is 153 g/mol. The van der Waals surface area contributed by atoms with Crippen LogP contribution < -0.4 is 11.5 Å². The molecule has 0 fully saturated rings. The van der Waals surface area contributed by atoms with Crippen molar-refractivity contribution < 1.29 is 5.11 Å². The number of aliphatic hydroxyl groups excluding tert-OH is 1. The van der Waals surface area contributed by atoms with Gasteiger partial charge in [0.2, 0.25) is 0 Å². The van der Waals surface area contributed by atoms with Crippen LogP contribution in [-0.4, -0.2) is 16.7 Å². The number of hydrogen-bond acceptors (Lipinski definition) is 4. The van der Waals surface area contributed by atoms with Crippen LogP contribution in [0.3, 0.4) is 0 Å². The van der Waals surface area contributed by atoms with E-state index in [1.807, 2.05) is 0 Å². The molecule has 1 heterocycles. The number of aliphatic hydroxyl groups is 1. The number of nitrogen functional groups attached to an aromatic ring is 2. The van der Waals surface area contributed by atoms with Crippen LogP contribution in [0.5, 0.6) is 0 Å². The molecule has 0 unspecified atom stereocenters. The molecule has 0 saturated heterocycles.